The van der Waals surface area contributed by atoms with Gasteiger partial charge in [0, 0.05) is 25.0 Å². The third-order valence-electron chi connectivity index (χ3n) is 4.12. The van der Waals surface area contributed by atoms with E-state index in [1.807, 2.05) is 49.1 Å². The van der Waals surface area contributed by atoms with Gasteiger partial charge in [0.2, 0.25) is 11.8 Å². The second-order valence-corrected chi connectivity index (χ2v) is 6.17. The van der Waals surface area contributed by atoms with Gasteiger partial charge in [-0.05, 0) is 18.4 Å². The van der Waals surface area contributed by atoms with E-state index in [-0.39, 0.29) is 23.8 Å². The van der Waals surface area contributed by atoms with Gasteiger partial charge in [-0.25, -0.2) is 0 Å². The van der Waals surface area contributed by atoms with Crippen LogP contribution >= 0.6 is 0 Å². The Balaban J connectivity index is 1.94. The zero-order chi connectivity index (χ0) is 16.1. The lowest BCUT2D eigenvalue weighted by atomic mass is 9.99. The first-order valence-corrected chi connectivity index (χ1v) is 7.88. The van der Waals surface area contributed by atoms with Crippen molar-refractivity contribution in [2.75, 3.05) is 13.1 Å². The van der Waals surface area contributed by atoms with Gasteiger partial charge >= 0.3 is 0 Å². The first-order valence-electron chi connectivity index (χ1n) is 7.88. The summed E-state index contributed by atoms with van der Waals surface area (Å²) >= 11 is 0. The molecule has 1 aromatic rings. The summed E-state index contributed by atoms with van der Waals surface area (Å²) in [7, 11) is 0. The summed E-state index contributed by atoms with van der Waals surface area (Å²) in [5.74, 6) is -0.132. The Kier molecular flexibility index (Phi) is 5.55. The number of nitrogens with two attached hydrogens (primary N) is 1. The Morgan fingerprint density at radius 3 is 2.27 bits per heavy atom. The molecule has 0 aliphatic carbocycles. The number of nitrogens with zero attached hydrogens (tertiary/aromatic N) is 1. The summed E-state index contributed by atoms with van der Waals surface area (Å²) in [6, 6.07) is 9.25. The van der Waals surface area contributed by atoms with Crippen LogP contribution in [0.2, 0.25) is 0 Å². The van der Waals surface area contributed by atoms with Crippen LogP contribution in [-0.2, 0) is 9.59 Å². The first-order chi connectivity index (χ1) is 10.5. The lowest BCUT2D eigenvalue weighted by Crippen LogP contribution is -2.48. The highest BCUT2D eigenvalue weighted by Crippen LogP contribution is 2.18. The van der Waals surface area contributed by atoms with Crippen LogP contribution in [0.5, 0.6) is 0 Å². The smallest absolute Gasteiger partial charge is 0.239 e. The summed E-state index contributed by atoms with van der Waals surface area (Å²) in [6.07, 6.45) is 1.68. The van der Waals surface area contributed by atoms with E-state index >= 15 is 0 Å². The van der Waals surface area contributed by atoms with E-state index < -0.39 is 6.04 Å². The topological polar surface area (TPSA) is 75.4 Å². The van der Waals surface area contributed by atoms with Crippen LogP contribution in [0.4, 0.5) is 0 Å². The number of hydrogen-bond donors (Lipinski definition) is 2. The standard InChI is InChI=1S/C17H25N3O2/c1-12(2)17(22)20-10-8-14(9-11-20)19-15(16(18)21)13-6-4-3-5-7-13/h3-7,12,14-15,19H,8-11H2,1-2H3,(H2,18,21)/t15-/m1/s1. The Morgan fingerprint density at radius 2 is 1.77 bits per heavy atom. The van der Waals surface area contributed by atoms with E-state index in [0.29, 0.717) is 0 Å². The second kappa shape index (κ2) is 7.40. The van der Waals surface area contributed by atoms with Crippen LogP contribution in [0, 0.1) is 5.92 Å². The average Bonchev–Trinajstić information content (AvgIpc) is 2.53. The molecule has 5 heteroatoms. The third kappa shape index (κ3) is 4.07. The number of amides is 2. The van der Waals surface area contributed by atoms with E-state index in [1.54, 1.807) is 0 Å². The minimum absolute atomic E-state index is 0.0344. The molecule has 0 spiro atoms. The van der Waals surface area contributed by atoms with Gasteiger partial charge in [0.15, 0.2) is 0 Å². The van der Waals surface area contributed by atoms with Gasteiger partial charge in [0.1, 0.15) is 6.04 Å². The highest BCUT2D eigenvalue weighted by atomic mass is 16.2. The SMILES string of the molecule is CC(C)C(=O)N1CCC(N[C@@H](C(N)=O)c2ccccc2)CC1. The molecule has 2 amide bonds. The minimum Gasteiger partial charge on any atom is -0.368 e. The Labute approximate surface area is 131 Å². The molecule has 0 unspecified atom stereocenters. The molecule has 1 aromatic carbocycles. The number of rotatable bonds is 5. The van der Waals surface area contributed by atoms with Crippen molar-refractivity contribution >= 4 is 11.8 Å². The van der Waals surface area contributed by atoms with E-state index in [9.17, 15) is 9.59 Å². The molecule has 1 aliphatic rings. The Bertz CT molecular complexity index is 508. The van der Waals surface area contributed by atoms with Crippen molar-refractivity contribution in [3.05, 3.63) is 35.9 Å². The summed E-state index contributed by atoms with van der Waals surface area (Å²) < 4.78 is 0. The fraction of sp³-hybridized carbons (Fsp3) is 0.529. The van der Waals surface area contributed by atoms with Crippen LogP contribution in [0.25, 0.3) is 0 Å². The molecule has 22 heavy (non-hydrogen) atoms. The summed E-state index contributed by atoms with van der Waals surface area (Å²) in [4.78, 5) is 25.6. The van der Waals surface area contributed by atoms with E-state index in [4.69, 9.17) is 5.73 Å². The number of likely N-dealkylation sites (tertiary alicyclic amines) is 1. The fourth-order valence-corrected chi connectivity index (χ4v) is 2.86. The number of carbonyl (C=O) groups is 2. The highest BCUT2D eigenvalue weighted by molar-refractivity contribution is 5.81. The third-order valence-corrected chi connectivity index (χ3v) is 4.12. The predicted molar refractivity (Wildman–Crippen MR) is 86.0 cm³/mol. The normalized spacial score (nSPS) is 17.5. The molecule has 0 saturated carbocycles. The predicted octanol–water partition coefficient (Wildman–Crippen LogP) is 1.45. The molecule has 5 nitrogen and oxygen atoms in total. The molecule has 1 saturated heterocycles. The summed E-state index contributed by atoms with van der Waals surface area (Å²) in [6.45, 7) is 5.31. The molecular formula is C17H25N3O2. The molecule has 1 fully saturated rings. The lowest BCUT2D eigenvalue weighted by Gasteiger charge is -2.35. The van der Waals surface area contributed by atoms with Gasteiger partial charge in [-0.3, -0.25) is 14.9 Å². The van der Waals surface area contributed by atoms with Crippen molar-refractivity contribution < 1.29 is 9.59 Å². The first kappa shape index (κ1) is 16.5. The van der Waals surface area contributed by atoms with Crippen LogP contribution in [0.15, 0.2) is 30.3 Å². The molecule has 1 aliphatic heterocycles. The van der Waals surface area contributed by atoms with E-state index in [0.717, 1.165) is 31.5 Å². The van der Waals surface area contributed by atoms with Gasteiger partial charge in [0.25, 0.3) is 0 Å². The Hall–Kier alpha value is -1.88. The monoisotopic (exact) mass is 303 g/mol. The van der Waals surface area contributed by atoms with Gasteiger partial charge in [0.05, 0.1) is 0 Å². The van der Waals surface area contributed by atoms with Crippen molar-refractivity contribution in [1.82, 2.24) is 10.2 Å². The lowest BCUT2D eigenvalue weighted by molar-refractivity contribution is -0.135. The molecule has 2 rings (SSSR count). The second-order valence-electron chi connectivity index (χ2n) is 6.17. The molecule has 3 N–H and O–H groups in total. The van der Waals surface area contributed by atoms with Gasteiger partial charge < -0.3 is 10.6 Å². The highest BCUT2D eigenvalue weighted by Gasteiger charge is 2.27. The van der Waals surface area contributed by atoms with Crippen molar-refractivity contribution in [2.45, 2.75) is 38.8 Å². The van der Waals surface area contributed by atoms with Gasteiger partial charge in [-0.2, -0.15) is 0 Å². The quantitative estimate of drug-likeness (QED) is 0.864. The van der Waals surface area contributed by atoms with Crippen molar-refractivity contribution in [3.63, 3.8) is 0 Å². The number of primary amides is 1. The minimum atomic E-state index is -0.474. The van der Waals surface area contributed by atoms with Crippen LogP contribution in [0.1, 0.15) is 38.3 Å². The van der Waals surface area contributed by atoms with Crippen LogP contribution in [-0.4, -0.2) is 35.8 Å². The molecule has 0 aromatic heterocycles. The zero-order valence-corrected chi connectivity index (χ0v) is 13.3. The summed E-state index contributed by atoms with van der Waals surface area (Å²) in [5, 5.41) is 3.35. The van der Waals surface area contributed by atoms with Crippen molar-refractivity contribution in [2.24, 2.45) is 11.7 Å². The Morgan fingerprint density at radius 1 is 1.18 bits per heavy atom. The zero-order valence-electron chi connectivity index (χ0n) is 13.3. The van der Waals surface area contributed by atoms with Crippen LogP contribution in [0.3, 0.4) is 0 Å². The molecule has 1 heterocycles. The maximum absolute atomic E-state index is 12.0. The van der Waals surface area contributed by atoms with Gasteiger partial charge in [-0.1, -0.05) is 44.2 Å². The summed E-state index contributed by atoms with van der Waals surface area (Å²) in [5.41, 5.74) is 6.42. The molecule has 0 radical (unpaired) electrons. The molecule has 120 valence electrons. The van der Waals surface area contributed by atoms with Crippen molar-refractivity contribution in [3.8, 4) is 0 Å². The van der Waals surface area contributed by atoms with Crippen LogP contribution < -0.4 is 11.1 Å². The molecule has 1 atom stereocenters. The fourth-order valence-electron chi connectivity index (χ4n) is 2.86. The van der Waals surface area contributed by atoms with E-state index in [2.05, 4.69) is 5.32 Å². The van der Waals surface area contributed by atoms with E-state index in [1.165, 1.54) is 0 Å². The number of benzene rings is 1. The number of nitrogens with one attached hydrogen (secondary N) is 1. The molecular weight excluding hydrogens is 278 g/mol. The number of carbonyl (C=O) groups excluding carboxylic acids is 2. The number of piperidine rings is 1. The maximum atomic E-state index is 12.0. The maximum Gasteiger partial charge on any atom is 0.239 e. The average molecular weight is 303 g/mol. The largest absolute Gasteiger partial charge is 0.368 e. The molecule has 0 bridgehead atoms. The number of hydrogen-bond acceptors (Lipinski definition) is 3. The van der Waals surface area contributed by atoms with Crippen molar-refractivity contribution in [1.29, 1.82) is 0 Å². The van der Waals surface area contributed by atoms with Gasteiger partial charge in [-0.15, -0.1) is 0 Å².